The van der Waals surface area contributed by atoms with Crippen LogP contribution in [0.1, 0.15) is 31.2 Å². The second kappa shape index (κ2) is 4.32. The second-order valence-electron chi connectivity index (χ2n) is 3.83. The Morgan fingerprint density at radius 1 is 1.07 bits per heavy atom. The molecule has 0 N–H and O–H groups in total. The quantitative estimate of drug-likeness (QED) is 0.685. The van der Waals surface area contributed by atoms with E-state index in [2.05, 4.69) is 25.1 Å². The monoisotopic (exact) mass is 188 g/mol. The minimum atomic E-state index is 0.962. The van der Waals surface area contributed by atoms with Crippen molar-refractivity contribution in [2.75, 3.05) is 0 Å². The number of hydrogen-bond acceptors (Lipinski definition) is 1. The van der Waals surface area contributed by atoms with E-state index in [0.717, 1.165) is 17.9 Å². The number of rotatable bonds is 2. The summed E-state index contributed by atoms with van der Waals surface area (Å²) in [5.41, 5.74) is 1.27. The van der Waals surface area contributed by atoms with Gasteiger partial charge in [0.25, 0.3) is 0 Å². The summed E-state index contributed by atoms with van der Waals surface area (Å²) < 4.78 is 5.77. The Bertz CT molecular complexity index is 322. The molecule has 0 unspecified atom stereocenters. The molecule has 1 aliphatic rings. The molecule has 1 aromatic rings. The lowest BCUT2D eigenvalue weighted by Crippen LogP contribution is -1.99. The maximum Gasteiger partial charge on any atom is 0.126 e. The van der Waals surface area contributed by atoms with Crippen LogP contribution in [0.4, 0.5) is 0 Å². The molecule has 1 heteroatoms. The van der Waals surface area contributed by atoms with Crippen LogP contribution in [0.3, 0.4) is 0 Å². The zero-order chi connectivity index (χ0) is 9.80. The Kier molecular flexibility index (Phi) is 2.87. The summed E-state index contributed by atoms with van der Waals surface area (Å²) in [6.07, 6.45) is 7.04. The molecule has 74 valence electrons. The van der Waals surface area contributed by atoms with Crippen LogP contribution in [-0.2, 0) is 0 Å². The van der Waals surface area contributed by atoms with E-state index in [4.69, 9.17) is 4.74 Å². The zero-order valence-corrected chi connectivity index (χ0v) is 8.62. The fourth-order valence-electron chi connectivity index (χ4n) is 1.66. The lowest BCUT2D eigenvalue weighted by molar-refractivity contribution is 0.384. The van der Waals surface area contributed by atoms with Crippen LogP contribution < -0.4 is 4.74 Å². The van der Waals surface area contributed by atoms with E-state index < -0.39 is 0 Å². The molecule has 0 spiro atoms. The van der Waals surface area contributed by atoms with Gasteiger partial charge in [0.1, 0.15) is 11.5 Å². The molecule has 1 nitrogen and oxygen atoms in total. The Balaban J connectivity index is 2.03. The highest BCUT2D eigenvalue weighted by Crippen LogP contribution is 2.22. The van der Waals surface area contributed by atoms with Crippen LogP contribution in [0.2, 0.25) is 0 Å². The summed E-state index contributed by atoms with van der Waals surface area (Å²) in [4.78, 5) is 0. The lowest BCUT2D eigenvalue weighted by Gasteiger charge is -2.13. The first-order valence-corrected chi connectivity index (χ1v) is 5.28. The summed E-state index contributed by atoms with van der Waals surface area (Å²) in [5, 5.41) is 0. The van der Waals surface area contributed by atoms with Crippen LogP contribution in [-0.4, -0.2) is 0 Å². The molecular formula is C13H16O. The predicted molar refractivity (Wildman–Crippen MR) is 58.4 cm³/mol. The van der Waals surface area contributed by atoms with Gasteiger partial charge in [-0.1, -0.05) is 17.7 Å². The topological polar surface area (TPSA) is 9.23 Å². The molecule has 0 fully saturated rings. The number of ether oxygens (including phenoxy) is 1. The molecule has 0 bridgehead atoms. The van der Waals surface area contributed by atoms with Crippen molar-refractivity contribution in [1.82, 2.24) is 0 Å². The summed E-state index contributed by atoms with van der Waals surface area (Å²) in [5.74, 6) is 2.10. The highest BCUT2D eigenvalue weighted by molar-refractivity contribution is 5.28. The summed E-state index contributed by atoms with van der Waals surface area (Å²) in [6, 6.07) is 8.23. The lowest BCUT2D eigenvalue weighted by atomic mass is 10.1. The molecule has 0 amide bonds. The molecule has 0 saturated heterocycles. The standard InChI is InChI=1S/C13H16O/c1-11-7-9-13(10-8-11)14-12-5-3-2-4-6-12/h5,7-10H,2-4,6H2,1H3. The van der Waals surface area contributed by atoms with E-state index in [0.29, 0.717) is 0 Å². The van der Waals surface area contributed by atoms with Crippen molar-refractivity contribution in [3.05, 3.63) is 41.7 Å². The minimum Gasteiger partial charge on any atom is -0.462 e. The summed E-state index contributed by atoms with van der Waals surface area (Å²) in [6.45, 7) is 2.09. The molecule has 0 heterocycles. The SMILES string of the molecule is Cc1ccc(OC2=CCCCC2)cc1. The maximum absolute atomic E-state index is 5.77. The van der Waals surface area contributed by atoms with E-state index in [1.807, 2.05) is 12.1 Å². The highest BCUT2D eigenvalue weighted by atomic mass is 16.5. The van der Waals surface area contributed by atoms with E-state index in [9.17, 15) is 0 Å². The first-order valence-electron chi connectivity index (χ1n) is 5.28. The molecule has 14 heavy (non-hydrogen) atoms. The number of benzene rings is 1. The van der Waals surface area contributed by atoms with Gasteiger partial charge in [0, 0.05) is 6.42 Å². The van der Waals surface area contributed by atoms with Crippen molar-refractivity contribution in [2.45, 2.75) is 32.6 Å². The Labute approximate surface area is 85.4 Å². The maximum atomic E-state index is 5.77. The molecular weight excluding hydrogens is 172 g/mol. The van der Waals surface area contributed by atoms with Crippen molar-refractivity contribution >= 4 is 0 Å². The molecule has 0 aliphatic heterocycles. The average molecular weight is 188 g/mol. The van der Waals surface area contributed by atoms with Crippen LogP contribution in [0.15, 0.2) is 36.1 Å². The fourth-order valence-corrected chi connectivity index (χ4v) is 1.66. The van der Waals surface area contributed by atoms with Crippen LogP contribution in [0.25, 0.3) is 0 Å². The van der Waals surface area contributed by atoms with Gasteiger partial charge in [-0.15, -0.1) is 0 Å². The Morgan fingerprint density at radius 3 is 2.50 bits per heavy atom. The normalized spacial score (nSPS) is 16.2. The average Bonchev–Trinajstić information content (AvgIpc) is 2.23. The molecule has 0 atom stereocenters. The first-order chi connectivity index (χ1) is 6.84. The molecule has 0 saturated carbocycles. The van der Waals surface area contributed by atoms with Crippen LogP contribution in [0.5, 0.6) is 5.75 Å². The predicted octanol–water partition coefficient (Wildman–Crippen LogP) is 3.83. The van der Waals surface area contributed by atoms with Gasteiger partial charge in [0.2, 0.25) is 0 Å². The van der Waals surface area contributed by atoms with E-state index in [1.165, 1.54) is 24.8 Å². The zero-order valence-electron chi connectivity index (χ0n) is 8.62. The summed E-state index contributed by atoms with van der Waals surface area (Å²) >= 11 is 0. The van der Waals surface area contributed by atoms with Gasteiger partial charge >= 0.3 is 0 Å². The van der Waals surface area contributed by atoms with Gasteiger partial charge in [-0.25, -0.2) is 0 Å². The van der Waals surface area contributed by atoms with E-state index >= 15 is 0 Å². The molecule has 2 rings (SSSR count). The van der Waals surface area contributed by atoms with Crippen molar-refractivity contribution in [3.8, 4) is 5.75 Å². The second-order valence-corrected chi connectivity index (χ2v) is 3.83. The number of allylic oxidation sites excluding steroid dienone is 2. The van der Waals surface area contributed by atoms with Gasteiger partial charge in [0.05, 0.1) is 0 Å². The van der Waals surface area contributed by atoms with Crippen molar-refractivity contribution in [1.29, 1.82) is 0 Å². The van der Waals surface area contributed by atoms with Gasteiger partial charge < -0.3 is 4.74 Å². The first kappa shape index (κ1) is 9.32. The van der Waals surface area contributed by atoms with Gasteiger partial charge in [-0.05, 0) is 44.4 Å². The largest absolute Gasteiger partial charge is 0.462 e. The molecule has 1 aliphatic carbocycles. The molecule has 0 radical (unpaired) electrons. The summed E-state index contributed by atoms with van der Waals surface area (Å²) in [7, 11) is 0. The smallest absolute Gasteiger partial charge is 0.126 e. The van der Waals surface area contributed by atoms with Crippen molar-refractivity contribution < 1.29 is 4.74 Å². The van der Waals surface area contributed by atoms with Gasteiger partial charge in [-0.2, -0.15) is 0 Å². The van der Waals surface area contributed by atoms with Crippen LogP contribution >= 0.6 is 0 Å². The van der Waals surface area contributed by atoms with E-state index in [1.54, 1.807) is 0 Å². The van der Waals surface area contributed by atoms with Crippen molar-refractivity contribution in [2.24, 2.45) is 0 Å². The minimum absolute atomic E-state index is 0.962. The van der Waals surface area contributed by atoms with Crippen molar-refractivity contribution in [3.63, 3.8) is 0 Å². The van der Waals surface area contributed by atoms with E-state index in [-0.39, 0.29) is 0 Å². The van der Waals surface area contributed by atoms with Crippen LogP contribution in [0, 0.1) is 6.92 Å². The Morgan fingerprint density at radius 2 is 1.86 bits per heavy atom. The Hall–Kier alpha value is -1.24. The third-order valence-electron chi connectivity index (χ3n) is 2.52. The third kappa shape index (κ3) is 2.38. The van der Waals surface area contributed by atoms with Gasteiger partial charge in [0.15, 0.2) is 0 Å². The number of hydrogen-bond donors (Lipinski definition) is 0. The van der Waals surface area contributed by atoms with Gasteiger partial charge in [-0.3, -0.25) is 0 Å². The fraction of sp³-hybridized carbons (Fsp3) is 0.385. The molecule has 1 aromatic carbocycles. The third-order valence-corrected chi connectivity index (χ3v) is 2.52. The number of aryl methyl sites for hydroxylation is 1. The molecule has 0 aromatic heterocycles. The highest BCUT2D eigenvalue weighted by Gasteiger charge is 2.05.